The maximum atomic E-state index is 10.6. The monoisotopic (exact) mass is 277 g/mol. The van der Waals surface area contributed by atoms with Gasteiger partial charge in [-0.15, -0.1) is 11.8 Å². The third kappa shape index (κ3) is 2.97. The fourth-order valence-corrected chi connectivity index (χ4v) is 2.02. The molecule has 0 aliphatic heterocycles. The molecule has 1 N–H and O–H groups in total. The van der Waals surface area contributed by atoms with Crippen molar-refractivity contribution in [2.75, 3.05) is 12.4 Å². The summed E-state index contributed by atoms with van der Waals surface area (Å²) in [5.74, 6) is 0.461. The van der Waals surface area contributed by atoms with Crippen LogP contribution in [0.25, 0.3) is 0 Å². The van der Waals surface area contributed by atoms with Crippen molar-refractivity contribution in [1.82, 2.24) is 0 Å². The molecule has 1 rings (SSSR count). The number of aliphatic hydroxyl groups is 1. The summed E-state index contributed by atoms with van der Waals surface area (Å²) in [6.45, 7) is 0.0118. The van der Waals surface area contributed by atoms with E-state index in [-0.39, 0.29) is 12.3 Å². The minimum atomic E-state index is -0.426. The molecule has 1 aromatic carbocycles. The van der Waals surface area contributed by atoms with E-state index < -0.39 is 4.92 Å². The van der Waals surface area contributed by atoms with Crippen LogP contribution in [0.2, 0.25) is 0 Å². The van der Waals surface area contributed by atoms with Gasteiger partial charge < -0.3 is 5.11 Å². The molecule has 0 saturated heterocycles. The summed E-state index contributed by atoms with van der Waals surface area (Å²) >= 11 is 4.44. The Hall–Kier alpha value is -0.590. The number of aliphatic hydroxyl groups excluding tert-OH is 1. The Kier molecular flexibility index (Phi) is 4.37. The predicted molar refractivity (Wildman–Crippen MR) is 58.6 cm³/mol. The van der Waals surface area contributed by atoms with Gasteiger partial charge in [0, 0.05) is 16.3 Å². The van der Waals surface area contributed by atoms with E-state index >= 15 is 0 Å². The smallest absolute Gasteiger partial charge is 0.284 e. The van der Waals surface area contributed by atoms with Crippen molar-refractivity contribution >= 4 is 33.4 Å². The molecular formula is C8H8BrNO3S. The highest BCUT2D eigenvalue weighted by atomic mass is 79.9. The molecule has 0 fully saturated rings. The summed E-state index contributed by atoms with van der Waals surface area (Å²) in [4.78, 5) is 10.8. The van der Waals surface area contributed by atoms with Crippen molar-refractivity contribution in [3.63, 3.8) is 0 Å². The Morgan fingerprint density at radius 2 is 2.29 bits per heavy atom. The molecule has 0 saturated carbocycles. The number of hydrogen-bond acceptors (Lipinski definition) is 4. The van der Waals surface area contributed by atoms with Crippen LogP contribution in [0.4, 0.5) is 5.69 Å². The lowest BCUT2D eigenvalue weighted by Crippen LogP contribution is -1.93. The largest absolute Gasteiger partial charge is 0.396 e. The number of halogens is 1. The highest BCUT2D eigenvalue weighted by molar-refractivity contribution is 9.10. The molecule has 0 amide bonds. The van der Waals surface area contributed by atoms with Crippen molar-refractivity contribution in [2.45, 2.75) is 4.90 Å². The van der Waals surface area contributed by atoms with Gasteiger partial charge in [0.1, 0.15) is 0 Å². The van der Waals surface area contributed by atoms with Crippen LogP contribution in [-0.4, -0.2) is 22.4 Å². The average Bonchev–Trinajstić information content (AvgIpc) is 2.15. The molecule has 14 heavy (non-hydrogen) atoms. The van der Waals surface area contributed by atoms with E-state index in [1.807, 2.05) is 0 Å². The standard InChI is InChI=1S/C8H8BrNO3S/c9-6-1-2-8(14-4-3-11)7(5-6)10(12)13/h1-2,5,11H,3-4H2. The van der Waals surface area contributed by atoms with Gasteiger partial charge >= 0.3 is 0 Å². The van der Waals surface area contributed by atoms with E-state index in [2.05, 4.69) is 15.9 Å². The van der Waals surface area contributed by atoms with E-state index in [0.29, 0.717) is 15.1 Å². The molecule has 0 spiro atoms. The van der Waals surface area contributed by atoms with E-state index in [9.17, 15) is 10.1 Å². The molecule has 0 atom stereocenters. The first kappa shape index (κ1) is 11.5. The number of rotatable bonds is 4. The number of thioether (sulfide) groups is 1. The third-order valence-corrected chi connectivity index (χ3v) is 3.00. The molecule has 0 heterocycles. The molecule has 0 bridgehead atoms. The Bertz CT molecular complexity index is 345. The molecule has 0 unspecified atom stereocenters. The van der Waals surface area contributed by atoms with E-state index in [4.69, 9.17) is 5.11 Å². The molecule has 6 heteroatoms. The zero-order chi connectivity index (χ0) is 10.6. The van der Waals surface area contributed by atoms with E-state index in [1.54, 1.807) is 12.1 Å². The van der Waals surface area contributed by atoms with Gasteiger partial charge in [-0.25, -0.2) is 0 Å². The Labute approximate surface area is 93.6 Å². The minimum absolute atomic E-state index is 0.0118. The molecule has 0 aliphatic carbocycles. The third-order valence-electron chi connectivity index (χ3n) is 1.47. The van der Waals surface area contributed by atoms with Crippen LogP contribution in [0.3, 0.4) is 0 Å². The summed E-state index contributed by atoms with van der Waals surface area (Å²) in [7, 11) is 0. The summed E-state index contributed by atoms with van der Waals surface area (Å²) in [6.07, 6.45) is 0. The first-order valence-electron chi connectivity index (χ1n) is 3.82. The lowest BCUT2D eigenvalue weighted by molar-refractivity contribution is -0.387. The zero-order valence-corrected chi connectivity index (χ0v) is 9.55. The first-order chi connectivity index (χ1) is 6.65. The van der Waals surface area contributed by atoms with Gasteiger partial charge in [-0.3, -0.25) is 10.1 Å². The van der Waals surface area contributed by atoms with Gasteiger partial charge in [-0.1, -0.05) is 15.9 Å². The van der Waals surface area contributed by atoms with Crippen molar-refractivity contribution in [1.29, 1.82) is 0 Å². The van der Waals surface area contributed by atoms with Gasteiger partial charge in [0.15, 0.2) is 0 Å². The lowest BCUT2D eigenvalue weighted by atomic mass is 10.3. The SMILES string of the molecule is O=[N+]([O-])c1cc(Br)ccc1SCCO. The van der Waals surface area contributed by atoms with Crippen molar-refractivity contribution in [3.05, 3.63) is 32.8 Å². The molecule has 0 aromatic heterocycles. The van der Waals surface area contributed by atoms with Crippen LogP contribution in [-0.2, 0) is 0 Å². The fraction of sp³-hybridized carbons (Fsp3) is 0.250. The highest BCUT2D eigenvalue weighted by Crippen LogP contribution is 2.31. The van der Waals surface area contributed by atoms with E-state index in [0.717, 1.165) is 0 Å². The van der Waals surface area contributed by atoms with Gasteiger partial charge in [-0.05, 0) is 12.1 Å². The number of nitrogens with zero attached hydrogens (tertiary/aromatic N) is 1. The van der Waals surface area contributed by atoms with Crippen LogP contribution in [0.5, 0.6) is 0 Å². The Morgan fingerprint density at radius 1 is 1.57 bits per heavy atom. The maximum Gasteiger partial charge on any atom is 0.284 e. The second-order valence-corrected chi connectivity index (χ2v) is 4.49. The van der Waals surface area contributed by atoms with Crippen LogP contribution in [0.15, 0.2) is 27.6 Å². The molecule has 76 valence electrons. The van der Waals surface area contributed by atoms with Crippen molar-refractivity contribution in [3.8, 4) is 0 Å². The van der Waals surface area contributed by atoms with Crippen LogP contribution < -0.4 is 0 Å². The summed E-state index contributed by atoms with van der Waals surface area (Å²) in [6, 6.07) is 4.87. The predicted octanol–water partition coefficient (Wildman–Crippen LogP) is 2.44. The van der Waals surface area contributed by atoms with Crippen LogP contribution in [0.1, 0.15) is 0 Å². The highest BCUT2D eigenvalue weighted by Gasteiger charge is 2.13. The number of nitro groups is 1. The van der Waals surface area contributed by atoms with Gasteiger partial charge in [0.25, 0.3) is 5.69 Å². The summed E-state index contributed by atoms with van der Waals surface area (Å²) < 4.78 is 0.678. The van der Waals surface area contributed by atoms with E-state index in [1.165, 1.54) is 17.8 Å². The summed E-state index contributed by atoms with van der Waals surface area (Å²) in [5.41, 5.74) is 0.0674. The normalized spacial score (nSPS) is 10.1. The zero-order valence-electron chi connectivity index (χ0n) is 7.14. The second-order valence-electron chi connectivity index (χ2n) is 2.44. The Morgan fingerprint density at radius 3 is 2.86 bits per heavy atom. The van der Waals surface area contributed by atoms with Crippen LogP contribution >= 0.6 is 27.7 Å². The van der Waals surface area contributed by atoms with Crippen molar-refractivity contribution < 1.29 is 10.0 Å². The molecule has 4 nitrogen and oxygen atoms in total. The quantitative estimate of drug-likeness (QED) is 0.522. The van der Waals surface area contributed by atoms with Gasteiger partial charge in [-0.2, -0.15) is 0 Å². The molecule has 0 radical (unpaired) electrons. The molecular weight excluding hydrogens is 270 g/mol. The molecule has 1 aromatic rings. The number of benzene rings is 1. The number of nitro benzene ring substituents is 1. The lowest BCUT2D eigenvalue weighted by Gasteiger charge is -2.01. The Balaban J connectivity index is 2.96. The van der Waals surface area contributed by atoms with Crippen molar-refractivity contribution in [2.24, 2.45) is 0 Å². The summed E-state index contributed by atoms with van der Waals surface area (Å²) in [5, 5.41) is 19.3. The van der Waals surface area contributed by atoms with Gasteiger partial charge in [0.2, 0.25) is 0 Å². The maximum absolute atomic E-state index is 10.6. The number of hydrogen-bond donors (Lipinski definition) is 1. The van der Waals surface area contributed by atoms with Crippen LogP contribution in [0, 0.1) is 10.1 Å². The second kappa shape index (κ2) is 5.33. The average molecular weight is 278 g/mol. The minimum Gasteiger partial charge on any atom is -0.396 e. The fourth-order valence-electron chi connectivity index (χ4n) is 0.911. The van der Waals surface area contributed by atoms with Gasteiger partial charge in [0.05, 0.1) is 16.4 Å². The first-order valence-corrected chi connectivity index (χ1v) is 5.60. The topological polar surface area (TPSA) is 63.4 Å². The molecule has 0 aliphatic rings.